The van der Waals surface area contributed by atoms with Crippen LogP contribution < -0.4 is 11.2 Å². The van der Waals surface area contributed by atoms with Crippen molar-refractivity contribution in [1.29, 1.82) is 0 Å². The van der Waals surface area contributed by atoms with E-state index in [2.05, 4.69) is 4.98 Å². The van der Waals surface area contributed by atoms with Gasteiger partial charge in [0.05, 0.1) is 5.56 Å². The van der Waals surface area contributed by atoms with E-state index < -0.39 is 11.2 Å². The molecule has 0 fully saturated rings. The summed E-state index contributed by atoms with van der Waals surface area (Å²) >= 11 is 12.1. The number of nitrogens with one attached hydrogen (secondary N) is 1. The highest BCUT2D eigenvalue weighted by Crippen LogP contribution is 2.28. The van der Waals surface area contributed by atoms with Crippen LogP contribution >= 0.6 is 23.2 Å². The summed E-state index contributed by atoms with van der Waals surface area (Å²) in [7, 11) is 0. The van der Waals surface area contributed by atoms with Crippen LogP contribution in [0.15, 0.2) is 33.9 Å². The van der Waals surface area contributed by atoms with E-state index >= 15 is 0 Å². The molecule has 6 heteroatoms. The van der Waals surface area contributed by atoms with Gasteiger partial charge in [0.25, 0.3) is 5.56 Å². The molecule has 0 aliphatic carbocycles. The van der Waals surface area contributed by atoms with Gasteiger partial charge in [-0.3, -0.25) is 14.3 Å². The lowest BCUT2D eigenvalue weighted by atomic mass is 10.1. The highest BCUT2D eigenvalue weighted by molar-refractivity contribution is 6.35. The predicted molar refractivity (Wildman–Crippen MR) is 81.8 cm³/mol. The average molecular weight is 313 g/mol. The second-order valence-electron chi connectivity index (χ2n) is 4.53. The van der Waals surface area contributed by atoms with Crippen LogP contribution in [-0.4, -0.2) is 9.55 Å². The Morgan fingerprint density at radius 2 is 1.90 bits per heavy atom. The molecular weight excluding hydrogens is 299 g/mol. The van der Waals surface area contributed by atoms with E-state index in [1.54, 1.807) is 31.2 Å². The molecule has 4 nitrogen and oxygen atoms in total. The Morgan fingerprint density at radius 3 is 2.50 bits per heavy atom. The third-order valence-corrected chi connectivity index (χ3v) is 3.88. The van der Waals surface area contributed by atoms with E-state index in [-0.39, 0.29) is 16.8 Å². The molecule has 0 saturated heterocycles. The van der Waals surface area contributed by atoms with Crippen LogP contribution in [0.25, 0.3) is 11.1 Å². The van der Waals surface area contributed by atoms with Crippen LogP contribution in [0.3, 0.4) is 0 Å². The Balaban J connectivity index is 2.82. The van der Waals surface area contributed by atoms with Crippen molar-refractivity contribution >= 4 is 23.2 Å². The van der Waals surface area contributed by atoms with Gasteiger partial charge in [-0.2, -0.15) is 0 Å². The first-order valence-electron chi connectivity index (χ1n) is 6.26. The predicted octanol–water partition coefficient (Wildman–Crippen LogP) is 3.48. The van der Waals surface area contributed by atoms with Gasteiger partial charge in [0, 0.05) is 16.6 Å². The maximum Gasteiger partial charge on any atom is 0.329 e. The first-order valence-corrected chi connectivity index (χ1v) is 7.02. The molecular formula is C14H14Cl2N2O2. The van der Waals surface area contributed by atoms with Crippen molar-refractivity contribution in [3.63, 3.8) is 0 Å². The van der Waals surface area contributed by atoms with Crippen molar-refractivity contribution in [3.8, 4) is 11.1 Å². The summed E-state index contributed by atoms with van der Waals surface area (Å²) in [4.78, 5) is 27.0. The van der Waals surface area contributed by atoms with Crippen molar-refractivity contribution in [2.45, 2.75) is 26.3 Å². The molecule has 1 atom stereocenters. The summed E-state index contributed by atoms with van der Waals surface area (Å²) in [6, 6.07) is 6.67. The number of H-pyrrole nitrogens is 1. The monoisotopic (exact) mass is 312 g/mol. The van der Waals surface area contributed by atoms with Crippen LogP contribution in [0.1, 0.15) is 26.3 Å². The minimum atomic E-state index is -0.509. The van der Waals surface area contributed by atoms with Crippen molar-refractivity contribution < 1.29 is 0 Å². The lowest BCUT2D eigenvalue weighted by molar-refractivity contribution is 0.491. The molecule has 2 aromatic rings. The molecule has 0 aliphatic heterocycles. The van der Waals surface area contributed by atoms with Crippen LogP contribution in [0, 0.1) is 0 Å². The van der Waals surface area contributed by atoms with Gasteiger partial charge < -0.3 is 0 Å². The van der Waals surface area contributed by atoms with E-state index in [1.807, 2.05) is 6.92 Å². The zero-order valence-electron chi connectivity index (χ0n) is 11.1. The lowest BCUT2D eigenvalue weighted by Crippen LogP contribution is -2.38. The fraction of sp³-hybridized carbons (Fsp3) is 0.286. The number of nitrogens with zero attached hydrogens (tertiary/aromatic N) is 1. The Hall–Kier alpha value is -1.52. The molecule has 0 amide bonds. The van der Waals surface area contributed by atoms with E-state index in [9.17, 15) is 9.59 Å². The second kappa shape index (κ2) is 5.85. The van der Waals surface area contributed by atoms with Gasteiger partial charge in [0.15, 0.2) is 0 Å². The van der Waals surface area contributed by atoms with Gasteiger partial charge >= 0.3 is 5.69 Å². The summed E-state index contributed by atoms with van der Waals surface area (Å²) in [5.74, 6) is 0. The second-order valence-corrected chi connectivity index (χ2v) is 5.32. The number of halogens is 2. The summed E-state index contributed by atoms with van der Waals surface area (Å²) in [5, 5.41) is 0.418. The van der Waals surface area contributed by atoms with Crippen molar-refractivity contribution in [2.75, 3.05) is 0 Å². The molecule has 1 N–H and O–H groups in total. The van der Waals surface area contributed by atoms with Crippen molar-refractivity contribution in [3.05, 3.63) is 55.3 Å². The van der Waals surface area contributed by atoms with Gasteiger partial charge in [0.1, 0.15) is 5.15 Å². The molecule has 2 rings (SSSR count). The maximum absolute atomic E-state index is 12.6. The number of hydrogen-bond acceptors (Lipinski definition) is 2. The van der Waals surface area contributed by atoms with Gasteiger partial charge in [-0.25, -0.2) is 4.79 Å². The number of rotatable bonds is 3. The first-order chi connectivity index (χ1) is 9.47. The lowest BCUT2D eigenvalue weighted by Gasteiger charge is -2.14. The SMILES string of the molecule is CCC(C)n1c(=O)[nH]c(Cl)c(-c2ccccc2Cl)c1=O. The van der Waals surface area contributed by atoms with Crippen molar-refractivity contribution in [2.24, 2.45) is 0 Å². The minimum absolute atomic E-state index is 0.00709. The highest BCUT2D eigenvalue weighted by Gasteiger charge is 2.18. The summed E-state index contributed by atoms with van der Waals surface area (Å²) < 4.78 is 1.17. The summed E-state index contributed by atoms with van der Waals surface area (Å²) in [6.45, 7) is 3.71. The van der Waals surface area contributed by atoms with E-state index in [0.29, 0.717) is 17.0 Å². The number of benzene rings is 1. The maximum atomic E-state index is 12.6. The largest absolute Gasteiger partial charge is 0.329 e. The standard InChI is InChI=1S/C14H14Cl2N2O2/c1-3-8(2)18-13(19)11(12(16)17-14(18)20)9-6-4-5-7-10(9)15/h4-8H,3H2,1-2H3,(H,17,20). The Labute approximate surface area is 126 Å². The zero-order valence-corrected chi connectivity index (χ0v) is 12.6. The first kappa shape index (κ1) is 14.9. The minimum Gasteiger partial charge on any atom is -0.297 e. The average Bonchev–Trinajstić information content (AvgIpc) is 2.40. The molecule has 1 aromatic carbocycles. The molecule has 0 spiro atoms. The third-order valence-electron chi connectivity index (χ3n) is 3.26. The number of hydrogen-bond donors (Lipinski definition) is 1. The molecule has 0 bridgehead atoms. The Bertz CT molecular complexity index is 750. The molecule has 1 aromatic heterocycles. The third kappa shape index (κ3) is 2.53. The molecule has 0 aliphatic rings. The van der Waals surface area contributed by atoms with Gasteiger partial charge in [-0.05, 0) is 19.4 Å². The number of aromatic amines is 1. The van der Waals surface area contributed by atoms with Crippen LogP contribution in [-0.2, 0) is 0 Å². The van der Waals surface area contributed by atoms with E-state index in [4.69, 9.17) is 23.2 Å². The molecule has 1 unspecified atom stereocenters. The summed E-state index contributed by atoms with van der Waals surface area (Å²) in [6.07, 6.45) is 0.659. The van der Waals surface area contributed by atoms with Crippen LogP contribution in [0.2, 0.25) is 10.2 Å². The normalized spacial score (nSPS) is 12.4. The zero-order chi connectivity index (χ0) is 14.9. The van der Waals surface area contributed by atoms with Crippen LogP contribution in [0.5, 0.6) is 0 Å². The fourth-order valence-electron chi connectivity index (χ4n) is 2.00. The smallest absolute Gasteiger partial charge is 0.297 e. The van der Waals surface area contributed by atoms with Gasteiger partial charge in [0.2, 0.25) is 0 Å². The van der Waals surface area contributed by atoms with Gasteiger partial charge in [-0.1, -0.05) is 48.3 Å². The Morgan fingerprint density at radius 1 is 1.25 bits per heavy atom. The fourth-order valence-corrected chi connectivity index (χ4v) is 2.50. The number of aromatic nitrogens is 2. The van der Waals surface area contributed by atoms with E-state index in [0.717, 1.165) is 0 Å². The molecule has 1 heterocycles. The molecule has 0 radical (unpaired) electrons. The van der Waals surface area contributed by atoms with Gasteiger partial charge in [-0.15, -0.1) is 0 Å². The van der Waals surface area contributed by atoms with Crippen molar-refractivity contribution in [1.82, 2.24) is 9.55 Å². The highest BCUT2D eigenvalue weighted by atomic mass is 35.5. The van der Waals surface area contributed by atoms with E-state index in [1.165, 1.54) is 4.57 Å². The molecule has 0 saturated carbocycles. The topological polar surface area (TPSA) is 54.9 Å². The Kier molecular flexibility index (Phi) is 4.35. The van der Waals surface area contributed by atoms with Crippen LogP contribution in [0.4, 0.5) is 0 Å². The quantitative estimate of drug-likeness (QED) is 0.882. The molecule has 106 valence electrons. The summed E-state index contributed by atoms with van der Waals surface area (Å²) in [5.41, 5.74) is -0.207. The molecule has 20 heavy (non-hydrogen) atoms.